The van der Waals surface area contributed by atoms with Gasteiger partial charge in [0.25, 0.3) is 0 Å². The van der Waals surface area contributed by atoms with Crippen LogP contribution in [0.4, 0.5) is 0 Å². The fraction of sp³-hybridized carbons (Fsp3) is 0.917. The predicted molar refractivity (Wildman–Crippen MR) is 66.0 cm³/mol. The molecule has 0 saturated carbocycles. The van der Waals surface area contributed by atoms with Crippen molar-refractivity contribution >= 4 is 5.91 Å². The average molecular weight is 230 g/mol. The minimum absolute atomic E-state index is 0.0508. The van der Waals surface area contributed by atoms with E-state index in [9.17, 15) is 4.79 Å². The van der Waals surface area contributed by atoms with Crippen LogP contribution < -0.4 is 11.1 Å². The largest absolute Gasteiger partial charge is 0.396 e. The Bertz CT molecular complexity index is 186. The summed E-state index contributed by atoms with van der Waals surface area (Å²) >= 11 is 0. The molecule has 0 aliphatic carbocycles. The summed E-state index contributed by atoms with van der Waals surface area (Å²) in [5, 5.41) is 11.6. The molecule has 0 heterocycles. The molecule has 96 valence electrons. The van der Waals surface area contributed by atoms with Gasteiger partial charge in [-0.1, -0.05) is 26.7 Å². The number of carbonyl (C=O) groups excluding carboxylic acids is 1. The van der Waals surface area contributed by atoms with Crippen LogP contribution in [-0.2, 0) is 4.79 Å². The lowest BCUT2D eigenvalue weighted by Gasteiger charge is -2.12. The molecule has 0 fully saturated rings. The topological polar surface area (TPSA) is 75.4 Å². The van der Waals surface area contributed by atoms with Gasteiger partial charge in [0.2, 0.25) is 5.91 Å². The van der Waals surface area contributed by atoms with Crippen LogP contribution in [0.1, 0.15) is 46.0 Å². The highest BCUT2D eigenvalue weighted by atomic mass is 16.3. The van der Waals surface area contributed by atoms with Gasteiger partial charge in [0.15, 0.2) is 0 Å². The zero-order chi connectivity index (χ0) is 12.4. The van der Waals surface area contributed by atoms with Gasteiger partial charge in [0.05, 0.1) is 6.04 Å². The summed E-state index contributed by atoms with van der Waals surface area (Å²) < 4.78 is 0. The van der Waals surface area contributed by atoms with E-state index in [0.717, 1.165) is 32.1 Å². The summed E-state index contributed by atoms with van der Waals surface area (Å²) in [5.74, 6) is 0.260. The lowest BCUT2D eigenvalue weighted by Crippen LogP contribution is -2.40. The number of rotatable bonds is 9. The normalized spacial score (nSPS) is 14.5. The molecule has 0 bridgehead atoms. The molecule has 0 spiro atoms. The third kappa shape index (κ3) is 7.65. The van der Waals surface area contributed by atoms with E-state index in [4.69, 9.17) is 10.8 Å². The zero-order valence-electron chi connectivity index (χ0n) is 10.5. The first-order valence-corrected chi connectivity index (χ1v) is 6.26. The Morgan fingerprint density at radius 2 is 2.06 bits per heavy atom. The minimum Gasteiger partial charge on any atom is -0.396 e. The summed E-state index contributed by atoms with van der Waals surface area (Å²) in [7, 11) is 0. The van der Waals surface area contributed by atoms with Crippen molar-refractivity contribution in [2.45, 2.75) is 52.0 Å². The molecule has 0 aromatic rings. The number of amides is 1. The van der Waals surface area contributed by atoms with Crippen LogP contribution in [0.15, 0.2) is 0 Å². The molecular formula is C12H26N2O2. The maximum Gasteiger partial charge on any atom is 0.236 e. The number of hydrogen-bond acceptors (Lipinski definition) is 3. The third-order valence-electron chi connectivity index (χ3n) is 2.69. The molecule has 0 aliphatic heterocycles. The quantitative estimate of drug-likeness (QED) is 0.518. The van der Waals surface area contributed by atoms with Crippen molar-refractivity contribution in [1.29, 1.82) is 0 Å². The second-order valence-corrected chi connectivity index (χ2v) is 4.47. The van der Waals surface area contributed by atoms with Crippen molar-refractivity contribution in [1.82, 2.24) is 5.32 Å². The fourth-order valence-electron chi connectivity index (χ4n) is 1.44. The number of aliphatic hydroxyl groups excluding tert-OH is 1. The Morgan fingerprint density at radius 1 is 1.38 bits per heavy atom. The molecule has 4 nitrogen and oxygen atoms in total. The van der Waals surface area contributed by atoms with Crippen molar-refractivity contribution < 1.29 is 9.90 Å². The van der Waals surface area contributed by atoms with Crippen molar-refractivity contribution in [3.8, 4) is 0 Å². The number of carbonyl (C=O) groups is 1. The number of unbranched alkanes of at least 4 members (excludes halogenated alkanes) is 1. The van der Waals surface area contributed by atoms with Crippen LogP contribution in [-0.4, -0.2) is 30.2 Å². The number of hydrogen-bond donors (Lipinski definition) is 3. The van der Waals surface area contributed by atoms with Crippen LogP contribution >= 0.6 is 0 Å². The minimum atomic E-state index is -0.366. The van der Waals surface area contributed by atoms with Crippen LogP contribution in [0.3, 0.4) is 0 Å². The van der Waals surface area contributed by atoms with E-state index >= 15 is 0 Å². The molecule has 0 radical (unpaired) electrons. The third-order valence-corrected chi connectivity index (χ3v) is 2.69. The van der Waals surface area contributed by atoms with E-state index in [0.29, 0.717) is 12.5 Å². The number of nitrogens with two attached hydrogens (primary N) is 1. The van der Waals surface area contributed by atoms with Crippen LogP contribution in [0.25, 0.3) is 0 Å². The van der Waals surface area contributed by atoms with Gasteiger partial charge in [-0.15, -0.1) is 0 Å². The Balaban J connectivity index is 3.49. The van der Waals surface area contributed by atoms with Gasteiger partial charge >= 0.3 is 0 Å². The van der Waals surface area contributed by atoms with Crippen molar-refractivity contribution in [3.63, 3.8) is 0 Å². The summed E-state index contributed by atoms with van der Waals surface area (Å²) in [6, 6.07) is -0.366. The molecule has 0 rings (SSSR count). The predicted octanol–water partition coefficient (Wildman–Crippen LogP) is 1.03. The van der Waals surface area contributed by atoms with Gasteiger partial charge < -0.3 is 16.2 Å². The SMILES string of the molecule is CCCC[C@H](N)C(=O)NCCCC(C)CO. The van der Waals surface area contributed by atoms with Crippen molar-refractivity contribution in [2.75, 3.05) is 13.2 Å². The van der Waals surface area contributed by atoms with Crippen LogP contribution in [0.5, 0.6) is 0 Å². The highest BCUT2D eigenvalue weighted by Crippen LogP contribution is 2.03. The Hall–Kier alpha value is -0.610. The number of aliphatic hydroxyl groups is 1. The number of nitrogens with one attached hydrogen (secondary N) is 1. The summed E-state index contributed by atoms with van der Waals surface area (Å²) in [6.45, 7) is 4.95. The molecule has 4 heteroatoms. The first-order valence-electron chi connectivity index (χ1n) is 6.26. The Morgan fingerprint density at radius 3 is 2.62 bits per heavy atom. The van der Waals surface area contributed by atoms with Gasteiger partial charge in [0.1, 0.15) is 0 Å². The van der Waals surface area contributed by atoms with E-state index in [2.05, 4.69) is 12.2 Å². The molecule has 4 N–H and O–H groups in total. The molecule has 0 aromatic carbocycles. The Labute approximate surface area is 98.6 Å². The fourth-order valence-corrected chi connectivity index (χ4v) is 1.44. The average Bonchev–Trinajstić information content (AvgIpc) is 2.30. The van der Waals surface area contributed by atoms with Gasteiger partial charge in [-0.3, -0.25) is 4.79 Å². The van der Waals surface area contributed by atoms with E-state index < -0.39 is 0 Å². The molecule has 1 unspecified atom stereocenters. The Kier molecular flexibility index (Phi) is 9.24. The highest BCUT2D eigenvalue weighted by molar-refractivity contribution is 5.81. The van der Waals surface area contributed by atoms with Crippen molar-refractivity contribution in [2.24, 2.45) is 11.7 Å². The summed E-state index contributed by atoms with van der Waals surface area (Å²) in [5.41, 5.74) is 5.72. The van der Waals surface area contributed by atoms with Crippen LogP contribution in [0, 0.1) is 5.92 Å². The molecule has 2 atom stereocenters. The summed E-state index contributed by atoms with van der Waals surface area (Å²) in [4.78, 5) is 11.5. The smallest absolute Gasteiger partial charge is 0.236 e. The van der Waals surface area contributed by atoms with Crippen LogP contribution in [0.2, 0.25) is 0 Å². The van der Waals surface area contributed by atoms with Gasteiger partial charge in [-0.2, -0.15) is 0 Å². The lowest BCUT2D eigenvalue weighted by molar-refractivity contribution is -0.122. The van der Waals surface area contributed by atoms with E-state index in [-0.39, 0.29) is 18.6 Å². The standard InChI is InChI=1S/C12H26N2O2/c1-3-4-7-11(13)12(16)14-8-5-6-10(2)9-15/h10-11,15H,3-9,13H2,1-2H3,(H,14,16)/t10?,11-/m0/s1. The van der Waals surface area contributed by atoms with Gasteiger partial charge in [-0.05, 0) is 25.2 Å². The lowest BCUT2D eigenvalue weighted by atomic mass is 10.1. The first-order chi connectivity index (χ1) is 7.61. The molecule has 0 aliphatic rings. The van der Waals surface area contributed by atoms with Gasteiger partial charge in [-0.25, -0.2) is 0 Å². The van der Waals surface area contributed by atoms with E-state index in [1.807, 2.05) is 6.92 Å². The molecule has 16 heavy (non-hydrogen) atoms. The van der Waals surface area contributed by atoms with E-state index in [1.165, 1.54) is 0 Å². The molecule has 1 amide bonds. The van der Waals surface area contributed by atoms with E-state index in [1.54, 1.807) is 0 Å². The summed E-state index contributed by atoms with van der Waals surface area (Å²) in [6.07, 6.45) is 4.65. The molecular weight excluding hydrogens is 204 g/mol. The maximum atomic E-state index is 11.5. The first kappa shape index (κ1) is 15.4. The molecule has 0 saturated heterocycles. The maximum absolute atomic E-state index is 11.5. The monoisotopic (exact) mass is 230 g/mol. The second-order valence-electron chi connectivity index (χ2n) is 4.47. The second kappa shape index (κ2) is 9.60. The van der Waals surface area contributed by atoms with Gasteiger partial charge in [0, 0.05) is 13.2 Å². The highest BCUT2D eigenvalue weighted by Gasteiger charge is 2.11. The zero-order valence-corrected chi connectivity index (χ0v) is 10.5. The molecule has 0 aromatic heterocycles. The van der Waals surface area contributed by atoms with Crippen molar-refractivity contribution in [3.05, 3.63) is 0 Å².